The molecule has 0 atom stereocenters. The summed E-state index contributed by atoms with van der Waals surface area (Å²) in [4.78, 5) is 18.2. The van der Waals surface area contributed by atoms with Gasteiger partial charge in [-0.25, -0.2) is 0 Å². The summed E-state index contributed by atoms with van der Waals surface area (Å²) in [7, 11) is 0. The van der Waals surface area contributed by atoms with Gasteiger partial charge in [0.1, 0.15) is 0 Å². The highest BCUT2D eigenvalue weighted by Crippen LogP contribution is 1.79. The van der Waals surface area contributed by atoms with Crippen molar-refractivity contribution in [2.45, 2.75) is 46.5 Å². The van der Waals surface area contributed by atoms with Crippen molar-refractivity contribution in [3.8, 4) is 0 Å². The van der Waals surface area contributed by atoms with Crippen LogP contribution in [0.2, 0.25) is 0 Å². The van der Waals surface area contributed by atoms with E-state index in [2.05, 4.69) is 31.8 Å². The molecule has 0 aromatic rings. The van der Waals surface area contributed by atoms with E-state index in [1.807, 2.05) is 0 Å². The molecule has 0 rings (SSSR count). The van der Waals surface area contributed by atoms with Crippen LogP contribution in [0.3, 0.4) is 0 Å². The topological polar surface area (TPSA) is 72.2 Å². The lowest BCUT2D eigenvalue weighted by atomic mass is 10.3. The molecule has 4 nitrogen and oxygen atoms in total. The van der Waals surface area contributed by atoms with E-state index in [0.717, 1.165) is 25.8 Å². The third-order valence-corrected chi connectivity index (χ3v) is 1.26. The number of hydrogen-bond donors (Lipinski definition) is 2. The van der Waals surface area contributed by atoms with E-state index in [1.54, 1.807) is 0 Å². The summed E-state index contributed by atoms with van der Waals surface area (Å²) in [5, 5.41) is 2.57. The molecule has 0 spiro atoms. The Bertz CT molecular complexity index is 96.1. The zero-order valence-corrected chi connectivity index (χ0v) is 9.58. The van der Waals surface area contributed by atoms with Gasteiger partial charge in [-0.15, -0.1) is 0 Å². The maximum atomic E-state index is 9.57. The fourth-order valence-electron chi connectivity index (χ4n) is 0.338. The van der Waals surface area contributed by atoms with E-state index in [1.165, 1.54) is 12.8 Å². The molecule has 0 unspecified atom stereocenters. The molecule has 4 heteroatoms. The molecule has 0 bridgehead atoms. The van der Waals surface area contributed by atoms with E-state index in [-0.39, 0.29) is 6.41 Å². The molecule has 0 aromatic heterocycles. The van der Waals surface area contributed by atoms with Gasteiger partial charge in [0.2, 0.25) is 12.8 Å². The second kappa shape index (κ2) is 29.7. The van der Waals surface area contributed by atoms with Gasteiger partial charge >= 0.3 is 0 Å². The van der Waals surface area contributed by atoms with Crippen molar-refractivity contribution in [3.05, 3.63) is 0 Å². The molecule has 0 aliphatic rings. The zero-order chi connectivity index (χ0) is 11.7. The molecule has 2 amide bonds. The molecule has 0 fully saturated rings. The summed E-state index contributed by atoms with van der Waals surface area (Å²) in [5.41, 5.74) is 4.17. The Kier molecular flexibility index (Phi) is 39.6. The van der Waals surface area contributed by atoms with Gasteiger partial charge in [0.15, 0.2) is 0 Å². The molecular formula is C10H24N2O2. The lowest BCUT2D eigenvalue weighted by molar-refractivity contribution is -0.109. The van der Waals surface area contributed by atoms with Crippen molar-refractivity contribution >= 4 is 12.8 Å². The fraction of sp³-hybridized carbons (Fsp3) is 0.800. The van der Waals surface area contributed by atoms with Gasteiger partial charge in [0.25, 0.3) is 0 Å². The third-order valence-electron chi connectivity index (χ3n) is 1.26. The van der Waals surface area contributed by atoms with E-state index in [9.17, 15) is 4.79 Å². The average Bonchev–Trinajstić information content (AvgIpc) is 2.20. The van der Waals surface area contributed by atoms with Crippen LogP contribution in [0.25, 0.3) is 0 Å². The van der Waals surface area contributed by atoms with Crippen molar-refractivity contribution in [2.24, 2.45) is 5.73 Å². The number of carbonyl (C=O) groups is 2. The van der Waals surface area contributed by atoms with Crippen LogP contribution in [-0.4, -0.2) is 19.4 Å². The van der Waals surface area contributed by atoms with Crippen LogP contribution in [-0.2, 0) is 9.59 Å². The highest BCUT2D eigenvalue weighted by atomic mass is 16.1. The number of primary amides is 1. The fourth-order valence-corrected chi connectivity index (χ4v) is 0.338. The average molecular weight is 204 g/mol. The number of nitrogens with two attached hydrogens (primary N) is 1. The Labute approximate surface area is 87.2 Å². The standard InChI is InChI=1S/C5H11NO.C4H10.CH3NO/c1-2-3-4-6-5-7;1-3-4-2;2-1-3/h5H,2-4H2,1H3,(H,6,7);3-4H2,1-2H3;1H,(H2,2,3). The number of amides is 2. The maximum Gasteiger partial charge on any atom is 0.207 e. The van der Waals surface area contributed by atoms with Gasteiger partial charge in [-0.2, -0.15) is 0 Å². The van der Waals surface area contributed by atoms with Gasteiger partial charge in [0, 0.05) is 6.54 Å². The van der Waals surface area contributed by atoms with Crippen LogP contribution in [0.1, 0.15) is 46.5 Å². The van der Waals surface area contributed by atoms with Crippen molar-refractivity contribution in [3.63, 3.8) is 0 Å². The van der Waals surface area contributed by atoms with Crippen LogP contribution < -0.4 is 11.1 Å². The molecule has 0 radical (unpaired) electrons. The van der Waals surface area contributed by atoms with Gasteiger partial charge in [0.05, 0.1) is 0 Å². The minimum Gasteiger partial charge on any atom is -0.372 e. The number of nitrogens with one attached hydrogen (secondary N) is 1. The van der Waals surface area contributed by atoms with Crippen molar-refractivity contribution in [1.29, 1.82) is 0 Å². The van der Waals surface area contributed by atoms with Crippen LogP contribution in [0.4, 0.5) is 0 Å². The predicted molar refractivity (Wildman–Crippen MR) is 59.8 cm³/mol. The second-order valence-corrected chi connectivity index (χ2v) is 2.56. The minimum atomic E-state index is 0.250. The molecule has 0 heterocycles. The molecule has 86 valence electrons. The Balaban J connectivity index is -0.000000147. The SMILES string of the molecule is CCCC.CCCCNC=O.NC=O. The van der Waals surface area contributed by atoms with E-state index in [4.69, 9.17) is 4.79 Å². The molecule has 0 saturated heterocycles. The highest BCUT2D eigenvalue weighted by Gasteiger charge is 1.76. The molecule has 0 aliphatic carbocycles. The zero-order valence-electron chi connectivity index (χ0n) is 9.58. The summed E-state index contributed by atoms with van der Waals surface area (Å²) < 4.78 is 0. The minimum absolute atomic E-state index is 0.250. The Morgan fingerprint density at radius 2 is 1.50 bits per heavy atom. The molecule has 14 heavy (non-hydrogen) atoms. The van der Waals surface area contributed by atoms with Crippen LogP contribution in [0.15, 0.2) is 0 Å². The number of rotatable bonds is 5. The van der Waals surface area contributed by atoms with Crippen LogP contribution in [0.5, 0.6) is 0 Å². The van der Waals surface area contributed by atoms with Crippen LogP contribution in [0, 0.1) is 0 Å². The second-order valence-electron chi connectivity index (χ2n) is 2.56. The molecule has 0 aliphatic heterocycles. The summed E-state index contributed by atoms with van der Waals surface area (Å²) in [6.07, 6.45) is 5.84. The van der Waals surface area contributed by atoms with Crippen molar-refractivity contribution in [2.75, 3.05) is 6.54 Å². The van der Waals surface area contributed by atoms with Crippen molar-refractivity contribution < 1.29 is 9.59 Å². The lowest BCUT2D eigenvalue weighted by Gasteiger charge is -1.90. The van der Waals surface area contributed by atoms with E-state index >= 15 is 0 Å². The summed E-state index contributed by atoms with van der Waals surface area (Å²) in [6.45, 7) is 7.27. The summed E-state index contributed by atoms with van der Waals surface area (Å²) in [6, 6.07) is 0. The Hall–Kier alpha value is -1.06. The Morgan fingerprint density at radius 3 is 1.71 bits per heavy atom. The highest BCUT2D eigenvalue weighted by molar-refractivity contribution is 5.45. The number of carbonyl (C=O) groups excluding carboxylic acids is 2. The summed E-state index contributed by atoms with van der Waals surface area (Å²) >= 11 is 0. The van der Waals surface area contributed by atoms with Gasteiger partial charge in [-0.1, -0.05) is 40.0 Å². The first kappa shape index (κ1) is 18.7. The predicted octanol–water partition coefficient (Wildman–Crippen LogP) is 1.44. The molecule has 0 saturated carbocycles. The van der Waals surface area contributed by atoms with E-state index < -0.39 is 0 Å². The third kappa shape index (κ3) is 69.6. The maximum absolute atomic E-state index is 9.57. The van der Waals surface area contributed by atoms with Gasteiger partial charge in [-0.3, -0.25) is 9.59 Å². The first-order chi connectivity index (χ1) is 6.74. The quantitative estimate of drug-likeness (QED) is 0.525. The van der Waals surface area contributed by atoms with E-state index in [0.29, 0.717) is 0 Å². The first-order valence-corrected chi connectivity index (χ1v) is 5.07. The first-order valence-electron chi connectivity index (χ1n) is 5.07. The number of unbranched alkanes of at least 4 members (excludes halogenated alkanes) is 2. The molecule has 3 N–H and O–H groups in total. The Morgan fingerprint density at radius 1 is 1.07 bits per heavy atom. The van der Waals surface area contributed by atoms with Crippen molar-refractivity contribution in [1.82, 2.24) is 5.32 Å². The normalized spacial score (nSPS) is 7.07. The van der Waals surface area contributed by atoms with Gasteiger partial charge in [-0.05, 0) is 6.42 Å². The smallest absolute Gasteiger partial charge is 0.207 e. The molecular weight excluding hydrogens is 180 g/mol. The molecule has 0 aromatic carbocycles. The van der Waals surface area contributed by atoms with Gasteiger partial charge < -0.3 is 11.1 Å². The monoisotopic (exact) mass is 204 g/mol. The van der Waals surface area contributed by atoms with Crippen LogP contribution >= 0.6 is 0 Å². The largest absolute Gasteiger partial charge is 0.372 e. The number of hydrogen-bond acceptors (Lipinski definition) is 2. The summed E-state index contributed by atoms with van der Waals surface area (Å²) in [5.74, 6) is 0. The lowest BCUT2D eigenvalue weighted by Crippen LogP contribution is -2.11.